The molecular weight excluding hydrogens is 272 g/mol. The van der Waals surface area contributed by atoms with Crippen LogP contribution in [0.1, 0.15) is 51.1 Å². The maximum absolute atomic E-state index is 11.1. The molecule has 118 valence electrons. The first-order chi connectivity index (χ1) is 10.1. The highest BCUT2D eigenvalue weighted by atomic mass is 16.6. The van der Waals surface area contributed by atoms with Gasteiger partial charge in [0.25, 0.3) is 5.88 Å². The number of nitrogens with zero attached hydrogens (tertiary/aromatic N) is 3. The lowest BCUT2D eigenvalue weighted by Gasteiger charge is -2.08. The Morgan fingerprint density at radius 3 is 2.48 bits per heavy atom. The van der Waals surface area contributed by atoms with Gasteiger partial charge in [-0.15, -0.1) is 0 Å². The van der Waals surface area contributed by atoms with Crippen molar-refractivity contribution in [3.05, 3.63) is 15.8 Å². The zero-order valence-corrected chi connectivity index (χ0v) is 13.0. The zero-order valence-electron chi connectivity index (χ0n) is 13.0. The van der Waals surface area contributed by atoms with Crippen molar-refractivity contribution in [2.45, 2.75) is 52.4 Å². The summed E-state index contributed by atoms with van der Waals surface area (Å²) in [5.41, 5.74) is 0.150. The standard InChI is InChI=1S/C14H24N4O3/c1-4-5-6-7-8-9-10-21-13-12(18(19)20)11(2)16-14(15-3)17-13/h4-10H2,1-3H3,(H,15,16,17). The van der Waals surface area contributed by atoms with Crippen LogP contribution in [0.15, 0.2) is 0 Å². The molecular formula is C14H24N4O3. The van der Waals surface area contributed by atoms with Gasteiger partial charge in [0.1, 0.15) is 5.69 Å². The van der Waals surface area contributed by atoms with Crippen molar-refractivity contribution in [2.24, 2.45) is 0 Å². The molecule has 1 rings (SSSR count). The molecule has 1 aromatic heterocycles. The van der Waals surface area contributed by atoms with Crippen molar-refractivity contribution in [1.29, 1.82) is 0 Å². The third kappa shape index (κ3) is 5.53. The molecule has 1 heterocycles. The van der Waals surface area contributed by atoms with E-state index in [4.69, 9.17) is 4.74 Å². The van der Waals surface area contributed by atoms with Gasteiger partial charge in [-0.3, -0.25) is 10.1 Å². The molecule has 0 saturated heterocycles. The van der Waals surface area contributed by atoms with Crippen molar-refractivity contribution < 1.29 is 9.66 Å². The second-order valence-electron chi connectivity index (χ2n) is 4.91. The summed E-state index contributed by atoms with van der Waals surface area (Å²) in [4.78, 5) is 18.6. The molecule has 0 spiro atoms. The van der Waals surface area contributed by atoms with Crippen LogP contribution in [0.25, 0.3) is 0 Å². The van der Waals surface area contributed by atoms with Crippen LogP contribution in [-0.4, -0.2) is 28.5 Å². The number of hydrogen-bond acceptors (Lipinski definition) is 6. The van der Waals surface area contributed by atoms with Gasteiger partial charge in [0.2, 0.25) is 5.95 Å². The lowest BCUT2D eigenvalue weighted by atomic mass is 10.1. The molecule has 0 unspecified atom stereocenters. The summed E-state index contributed by atoms with van der Waals surface area (Å²) in [6.07, 6.45) is 6.81. The van der Waals surface area contributed by atoms with E-state index in [-0.39, 0.29) is 11.6 Å². The largest absolute Gasteiger partial charge is 0.473 e. The monoisotopic (exact) mass is 296 g/mol. The molecule has 0 bridgehead atoms. The van der Waals surface area contributed by atoms with Gasteiger partial charge in [-0.25, -0.2) is 4.98 Å². The minimum absolute atomic E-state index is 0.0467. The molecule has 1 N–H and O–H groups in total. The molecule has 0 aromatic carbocycles. The van der Waals surface area contributed by atoms with E-state index in [9.17, 15) is 10.1 Å². The summed E-state index contributed by atoms with van der Waals surface area (Å²) in [7, 11) is 1.66. The Hall–Kier alpha value is -1.92. The predicted octanol–water partition coefficient (Wildman–Crippen LogP) is 3.47. The van der Waals surface area contributed by atoms with Crippen LogP contribution in [0.3, 0.4) is 0 Å². The number of hydrogen-bond donors (Lipinski definition) is 1. The molecule has 0 saturated carbocycles. The first-order valence-electron chi connectivity index (χ1n) is 7.43. The molecule has 21 heavy (non-hydrogen) atoms. The Morgan fingerprint density at radius 2 is 1.86 bits per heavy atom. The van der Waals surface area contributed by atoms with Gasteiger partial charge < -0.3 is 10.1 Å². The van der Waals surface area contributed by atoms with Crippen molar-refractivity contribution in [3.63, 3.8) is 0 Å². The molecule has 0 amide bonds. The maximum atomic E-state index is 11.1. The van der Waals surface area contributed by atoms with E-state index < -0.39 is 4.92 Å². The van der Waals surface area contributed by atoms with Crippen LogP contribution in [0.2, 0.25) is 0 Å². The highest BCUT2D eigenvalue weighted by molar-refractivity contribution is 5.48. The van der Waals surface area contributed by atoms with Gasteiger partial charge in [0.15, 0.2) is 0 Å². The van der Waals surface area contributed by atoms with Gasteiger partial charge in [-0.1, -0.05) is 39.0 Å². The van der Waals surface area contributed by atoms with E-state index in [0.29, 0.717) is 18.2 Å². The number of unbranched alkanes of at least 4 members (excludes halogenated alkanes) is 5. The maximum Gasteiger partial charge on any atom is 0.352 e. The molecule has 7 heteroatoms. The molecule has 0 radical (unpaired) electrons. The molecule has 1 aromatic rings. The van der Waals surface area contributed by atoms with E-state index in [2.05, 4.69) is 22.2 Å². The van der Waals surface area contributed by atoms with E-state index >= 15 is 0 Å². The molecule has 7 nitrogen and oxygen atoms in total. The average Bonchev–Trinajstić information content (AvgIpc) is 2.45. The molecule has 0 aliphatic rings. The second kappa shape index (κ2) is 9.10. The van der Waals surface area contributed by atoms with E-state index in [1.165, 1.54) is 25.7 Å². The summed E-state index contributed by atoms with van der Waals surface area (Å²) < 4.78 is 5.50. The van der Waals surface area contributed by atoms with Crippen LogP contribution in [0.5, 0.6) is 5.88 Å². The van der Waals surface area contributed by atoms with Crippen LogP contribution >= 0.6 is 0 Å². The number of rotatable bonds is 10. The summed E-state index contributed by atoms with van der Waals surface area (Å²) in [5, 5.41) is 13.8. The van der Waals surface area contributed by atoms with Gasteiger partial charge in [0.05, 0.1) is 11.5 Å². The Kier molecular flexibility index (Phi) is 7.42. The fourth-order valence-electron chi connectivity index (χ4n) is 2.01. The lowest BCUT2D eigenvalue weighted by molar-refractivity contribution is -0.387. The van der Waals surface area contributed by atoms with Crippen LogP contribution in [0, 0.1) is 17.0 Å². The zero-order chi connectivity index (χ0) is 15.7. The third-order valence-electron chi connectivity index (χ3n) is 3.17. The third-order valence-corrected chi connectivity index (χ3v) is 3.17. The van der Waals surface area contributed by atoms with Gasteiger partial charge in [0, 0.05) is 7.05 Å². The fourth-order valence-corrected chi connectivity index (χ4v) is 2.01. The van der Waals surface area contributed by atoms with Gasteiger partial charge >= 0.3 is 5.69 Å². The lowest BCUT2D eigenvalue weighted by Crippen LogP contribution is -2.08. The number of ether oxygens (including phenoxy) is 1. The summed E-state index contributed by atoms with van der Waals surface area (Å²) >= 11 is 0. The highest BCUT2D eigenvalue weighted by Crippen LogP contribution is 2.28. The molecule has 0 aliphatic carbocycles. The first-order valence-corrected chi connectivity index (χ1v) is 7.43. The van der Waals surface area contributed by atoms with Crippen molar-refractivity contribution in [3.8, 4) is 5.88 Å². The first kappa shape index (κ1) is 17.1. The molecule has 0 fully saturated rings. The minimum Gasteiger partial charge on any atom is -0.473 e. The quantitative estimate of drug-likeness (QED) is 0.404. The fraction of sp³-hybridized carbons (Fsp3) is 0.714. The Morgan fingerprint density at radius 1 is 1.19 bits per heavy atom. The smallest absolute Gasteiger partial charge is 0.352 e. The average molecular weight is 296 g/mol. The van der Waals surface area contributed by atoms with Crippen LogP contribution < -0.4 is 10.1 Å². The van der Waals surface area contributed by atoms with Gasteiger partial charge in [-0.2, -0.15) is 4.98 Å². The van der Waals surface area contributed by atoms with Crippen molar-refractivity contribution in [1.82, 2.24) is 9.97 Å². The number of nitrogens with one attached hydrogen (secondary N) is 1. The summed E-state index contributed by atoms with van der Waals surface area (Å²) in [5.74, 6) is 0.376. The minimum atomic E-state index is -0.495. The predicted molar refractivity (Wildman–Crippen MR) is 81.8 cm³/mol. The highest BCUT2D eigenvalue weighted by Gasteiger charge is 2.23. The normalized spacial score (nSPS) is 10.4. The number of nitro groups is 1. The summed E-state index contributed by atoms with van der Waals surface area (Å²) in [6.45, 7) is 4.20. The van der Waals surface area contributed by atoms with Gasteiger partial charge in [-0.05, 0) is 13.3 Å². The van der Waals surface area contributed by atoms with E-state index in [0.717, 1.165) is 12.8 Å². The van der Waals surface area contributed by atoms with Crippen molar-refractivity contribution in [2.75, 3.05) is 19.0 Å². The number of anilines is 1. The number of aryl methyl sites for hydroxylation is 1. The summed E-state index contributed by atoms with van der Waals surface area (Å²) in [6, 6.07) is 0. The SMILES string of the molecule is CCCCCCCCOc1nc(NC)nc(C)c1[N+](=O)[O-]. The van der Waals surface area contributed by atoms with Crippen LogP contribution in [-0.2, 0) is 0 Å². The van der Waals surface area contributed by atoms with E-state index in [1.54, 1.807) is 14.0 Å². The Balaban J connectivity index is 2.56. The second-order valence-corrected chi connectivity index (χ2v) is 4.91. The van der Waals surface area contributed by atoms with Crippen LogP contribution in [0.4, 0.5) is 11.6 Å². The number of aromatic nitrogens is 2. The Bertz CT molecular complexity index is 466. The molecule has 0 atom stereocenters. The van der Waals surface area contributed by atoms with Crippen molar-refractivity contribution >= 4 is 11.6 Å². The Labute approximate surface area is 125 Å². The van der Waals surface area contributed by atoms with E-state index in [1.807, 2.05) is 0 Å². The topological polar surface area (TPSA) is 90.2 Å². The molecule has 0 aliphatic heterocycles.